The number of carbonyl (C=O) groups excluding carboxylic acids is 2. The van der Waals surface area contributed by atoms with Crippen LogP contribution in [0.2, 0.25) is 0 Å². The number of rotatable bonds is 8. The number of ether oxygens (including phenoxy) is 1. The molecular weight excluding hydrogens is 285 g/mol. The maximum absolute atomic E-state index is 12.9. The third kappa shape index (κ3) is 5.47. The van der Waals surface area contributed by atoms with Gasteiger partial charge in [0, 0.05) is 13.0 Å². The molecule has 120 valence electrons. The molecule has 0 bridgehead atoms. The highest BCUT2D eigenvalue weighted by Crippen LogP contribution is 2.29. The van der Waals surface area contributed by atoms with E-state index < -0.39 is 0 Å². The van der Waals surface area contributed by atoms with Gasteiger partial charge in [-0.25, -0.2) is 4.39 Å². The molecule has 0 radical (unpaired) electrons. The van der Waals surface area contributed by atoms with Crippen LogP contribution in [0.4, 0.5) is 4.39 Å². The lowest BCUT2D eigenvalue weighted by atomic mass is 10.1. The van der Waals surface area contributed by atoms with E-state index in [0.29, 0.717) is 31.9 Å². The summed E-state index contributed by atoms with van der Waals surface area (Å²) in [5.74, 6) is -0.181. The Morgan fingerprint density at radius 3 is 2.55 bits per heavy atom. The van der Waals surface area contributed by atoms with Crippen LogP contribution in [0.5, 0.6) is 0 Å². The monoisotopic (exact) mass is 307 g/mol. The highest BCUT2D eigenvalue weighted by molar-refractivity contribution is 5.82. The molecule has 22 heavy (non-hydrogen) atoms. The smallest absolute Gasteiger partial charge is 0.325 e. The Bertz CT molecular complexity index is 511. The Morgan fingerprint density at radius 1 is 1.27 bits per heavy atom. The molecule has 0 spiro atoms. The maximum atomic E-state index is 12.9. The maximum Gasteiger partial charge on any atom is 0.325 e. The van der Waals surface area contributed by atoms with Crippen molar-refractivity contribution in [2.75, 3.05) is 19.7 Å². The average molecular weight is 307 g/mol. The zero-order chi connectivity index (χ0) is 15.9. The van der Waals surface area contributed by atoms with E-state index in [0.717, 1.165) is 18.4 Å². The molecule has 0 saturated heterocycles. The van der Waals surface area contributed by atoms with E-state index in [1.165, 1.54) is 12.1 Å². The normalized spacial score (nSPS) is 13.7. The van der Waals surface area contributed by atoms with Crippen molar-refractivity contribution in [1.29, 1.82) is 0 Å². The second kappa shape index (κ2) is 7.92. The van der Waals surface area contributed by atoms with Gasteiger partial charge in [0.25, 0.3) is 0 Å². The second-order valence-electron chi connectivity index (χ2n) is 5.65. The minimum atomic E-state index is -0.363. The highest BCUT2D eigenvalue weighted by atomic mass is 19.1. The molecule has 1 amide bonds. The second-order valence-corrected chi connectivity index (χ2v) is 5.65. The quantitative estimate of drug-likeness (QED) is 0.693. The summed E-state index contributed by atoms with van der Waals surface area (Å²) in [6.07, 6.45) is 3.09. The summed E-state index contributed by atoms with van der Waals surface area (Å²) in [5.41, 5.74) is 0.914. The fraction of sp³-hybridized carbons (Fsp3) is 0.529. The summed E-state index contributed by atoms with van der Waals surface area (Å²) in [5, 5.41) is 0. The van der Waals surface area contributed by atoms with Crippen molar-refractivity contribution in [2.24, 2.45) is 5.92 Å². The van der Waals surface area contributed by atoms with E-state index in [1.807, 2.05) is 0 Å². The largest absolute Gasteiger partial charge is 0.465 e. The standard InChI is InChI=1S/C17H22FNO3/c1-2-22-17(21)12-19(11-14-3-4-14)16(20)10-7-13-5-8-15(18)9-6-13/h5-6,8-9,14H,2-4,7,10-12H2,1H3. The van der Waals surface area contributed by atoms with Crippen LogP contribution in [-0.4, -0.2) is 36.5 Å². The number of hydrogen-bond donors (Lipinski definition) is 0. The van der Waals surface area contributed by atoms with E-state index in [-0.39, 0.29) is 24.2 Å². The van der Waals surface area contributed by atoms with Gasteiger partial charge in [-0.15, -0.1) is 0 Å². The van der Waals surface area contributed by atoms with Crippen molar-refractivity contribution in [2.45, 2.75) is 32.6 Å². The zero-order valence-corrected chi connectivity index (χ0v) is 12.9. The Kier molecular flexibility index (Phi) is 5.92. The first-order chi connectivity index (χ1) is 10.6. The molecule has 0 heterocycles. The van der Waals surface area contributed by atoms with Gasteiger partial charge in [0.05, 0.1) is 6.61 Å². The first-order valence-corrected chi connectivity index (χ1v) is 7.76. The van der Waals surface area contributed by atoms with E-state index in [9.17, 15) is 14.0 Å². The predicted molar refractivity (Wildman–Crippen MR) is 80.7 cm³/mol. The van der Waals surface area contributed by atoms with Crippen LogP contribution in [-0.2, 0) is 20.7 Å². The molecule has 1 aromatic carbocycles. The van der Waals surface area contributed by atoms with E-state index >= 15 is 0 Å². The van der Waals surface area contributed by atoms with Crippen LogP contribution < -0.4 is 0 Å². The van der Waals surface area contributed by atoms with Gasteiger partial charge < -0.3 is 9.64 Å². The van der Waals surface area contributed by atoms with Crippen LogP contribution in [0.3, 0.4) is 0 Å². The number of aryl methyl sites for hydroxylation is 1. The molecule has 1 aliphatic carbocycles. The van der Waals surface area contributed by atoms with Crippen molar-refractivity contribution in [3.05, 3.63) is 35.6 Å². The number of carbonyl (C=O) groups is 2. The third-order valence-corrected chi connectivity index (χ3v) is 3.69. The van der Waals surface area contributed by atoms with Crippen molar-refractivity contribution < 1.29 is 18.7 Å². The molecule has 5 heteroatoms. The molecule has 0 aliphatic heterocycles. The molecule has 1 fully saturated rings. The topological polar surface area (TPSA) is 46.6 Å². The fourth-order valence-corrected chi connectivity index (χ4v) is 2.29. The SMILES string of the molecule is CCOC(=O)CN(CC1CC1)C(=O)CCc1ccc(F)cc1. The van der Waals surface area contributed by atoms with Gasteiger partial charge in [0.15, 0.2) is 0 Å². The lowest BCUT2D eigenvalue weighted by molar-refractivity contribution is -0.149. The lowest BCUT2D eigenvalue weighted by Gasteiger charge is -2.21. The van der Waals surface area contributed by atoms with Gasteiger partial charge in [0.2, 0.25) is 5.91 Å². The first kappa shape index (κ1) is 16.5. The van der Waals surface area contributed by atoms with Crippen molar-refractivity contribution >= 4 is 11.9 Å². The zero-order valence-electron chi connectivity index (χ0n) is 12.9. The van der Waals surface area contributed by atoms with Crippen LogP contribution in [0, 0.1) is 11.7 Å². The summed E-state index contributed by atoms with van der Waals surface area (Å²) < 4.78 is 17.8. The van der Waals surface area contributed by atoms with Gasteiger partial charge >= 0.3 is 5.97 Å². The number of benzene rings is 1. The third-order valence-electron chi connectivity index (χ3n) is 3.69. The summed E-state index contributed by atoms with van der Waals surface area (Å²) in [7, 11) is 0. The molecule has 0 unspecified atom stereocenters. The van der Waals surface area contributed by atoms with E-state index in [2.05, 4.69) is 0 Å². The molecule has 0 aromatic heterocycles. The van der Waals surface area contributed by atoms with E-state index in [1.54, 1.807) is 24.0 Å². The number of nitrogens with zero attached hydrogens (tertiary/aromatic N) is 1. The van der Waals surface area contributed by atoms with Gasteiger partial charge in [-0.1, -0.05) is 12.1 Å². The van der Waals surface area contributed by atoms with Crippen molar-refractivity contribution in [3.8, 4) is 0 Å². The Hall–Kier alpha value is -1.91. The van der Waals surface area contributed by atoms with Crippen LogP contribution in [0.25, 0.3) is 0 Å². The van der Waals surface area contributed by atoms with Gasteiger partial charge in [-0.05, 0) is 49.8 Å². The Morgan fingerprint density at radius 2 is 1.95 bits per heavy atom. The summed E-state index contributed by atoms with van der Waals surface area (Å²) in [4.78, 5) is 25.5. The fourth-order valence-electron chi connectivity index (χ4n) is 2.29. The number of hydrogen-bond acceptors (Lipinski definition) is 3. The lowest BCUT2D eigenvalue weighted by Crippen LogP contribution is -2.38. The van der Waals surface area contributed by atoms with Crippen molar-refractivity contribution in [3.63, 3.8) is 0 Å². The van der Waals surface area contributed by atoms with Crippen LogP contribution >= 0.6 is 0 Å². The molecule has 1 aromatic rings. The van der Waals surface area contributed by atoms with Crippen molar-refractivity contribution in [1.82, 2.24) is 4.90 Å². The number of halogens is 1. The van der Waals surface area contributed by atoms with E-state index in [4.69, 9.17) is 4.74 Å². The average Bonchev–Trinajstić information content (AvgIpc) is 3.30. The number of esters is 1. The molecule has 1 aliphatic rings. The Labute approximate surface area is 130 Å². The molecule has 4 nitrogen and oxygen atoms in total. The molecule has 0 atom stereocenters. The Balaban J connectivity index is 1.86. The van der Waals surface area contributed by atoms with Gasteiger partial charge in [0.1, 0.15) is 12.4 Å². The van der Waals surface area contributed by atoms with Gasteiger partial charge in [-0.3, -0.25) is 9.59 Å². The summed E-state index contributed by atoms with van der Waals surface area (Å²) >= 11 is 0. The molecular formula is C17H22FNO3. The van der Waals surface area contributed by atoms with Crippen LogP contribution in [0.1, 0.15) is 31.7 Å². The molecule has 2 rings (SSSR count). The highest BCUT2D eigenvalue weighted by Gasteiger charge is 2.28. The van der Waals surface area contributed by atoms with Crippen LogP contribution in [0.15, 0.2) is 24.3 Å². The molecule has 1 saturated carbocycles. The molecule has 0 N–H and O–H groups in total. The summed E-state index contributed by atoms with van der Waals surface area (Å²) in [6, 6.07) is 6.14. The first-order valence-electron chi connectivity index (χ1n) is 7.76. The minimum Gasteiger partial charge on any atom is -0.465 e. The predicted octanol–water partition coefficient (Wildman–Crippen LogP) is 2.56. The number of amides is 1. The summed E-state index contributed by atoms with van der Waals surface area (Å²) in [6.45, 7) is 2.72. The van der Waals surface area contributed by atoms with Gasteiger partial charge in [-0.2, -0.15) is 0 Å². The minimum absolute atomic E-state index is 0.0204.